The molecule has 6 nitrogen and oxygen atoms in total. The Kier molecular flexibility index (Phi) is 6.70. The number of fused-ring (bicyclic) bond motifs is 1. The van der Waals surface area contributed by atoms with Crippen molar-refractivity contribution in [2.75, 3.05) is 19.6 Å². The van der Waals surface area contributed by atoms with Gasteiger partial charge in [0.2, 0.25) is 5.91 Å². The lowest BCUT2D eigenvalue weighted by molar-refractivity contribution is -0.122. The molecule has 3 rings (SSSR count). The normalized spacial score (nSPS) is 20.3. The molecule has 1 atom stereocenters. The van der Waals surface area contributed by atoms with Crippen LogP contribution in [0.25, 0.3) is 0 Å². The highest BCUT2D eigenvalue weighted by Gasteiger charge is 2.44. The van der Waals surface area contributed by atoms with Crippen molar-refractivity contribution in [2.45, 2.75) is 70.9 Å². The molecule has 29 heavy (non-hydrogen) atoms. The van der Waals surface area contributed by atoms with Gasteiger partial charge in [-0.1, -0.05) is 32.0 Å². The largest absolute Gasteiger partial charge is 0.487 e. The number of urea groups is 1. The average molecular weight is 402 g/mol. The van der Waals surface area contributed by atoms with Gasteiger partial charge in [-0.2, -0.15) is 0 Å². The van der Waals surface area contributed by atoms with E-state index in [-0.39, 0.29) is 29.5 Å². The summed E-state index contributed by atoms with van der Waals surface area (Å²) < 4.78 is 6.49. The molecule has 0 saturated carbocycles. The van der Waals surface area contributed by atoms with Crippen LogP contribution in [0.2, 0.25) is 0 Å². The lowest BCUT2D eigenvalue weighted by Gasteiger charge is -2.47. The van der Waals surface area contributed by atoms with Crippen LogP contribution in [-0.4, -0.2) is 48.1 Å². The maximum absolute atomic E-state index is 12.5. The number of nitrogens with zero attached hydrogens (tertiary/aromatic N) is 1. The number of carbonyl (C=O) groups is 2. The van der Waals surface area contributed by atoms with E-state index in [9.17, 15) is 9.59 Å². The average Bonchev–Trinajstić information content (AvgIpc) is 2.66. The molecular weight excluding hydrogens is 366 g/mol. The first kappa shape index (κ1) is 21.5. The number of ether oxygens (including phenoxy) is 1. The molecule has 1 aromatic carbocycles. The van der Waals surface area contributed by atoms with Crippen LogP contribution < -0.4 is 15.4 Å². The third-order valence-electron chi connectivity index (χ3n) is 5.82. The second-order valence-corrected chi connectivity index (χ2v) is 9.22. The molecule has 0 bridgehead atoms. The molecular formula is C23H35N3O3. The zero-order chi connectivity index (χ0) is 21.0. The molecule has 1 aromatic rings. The topological polar surface area (TPSA) is 70.7 Å². The van der Waals surface area contributed by atoms with Crippen molar-refractivity contribution in [1.82, 2.24) is 15.5 Å². The van der Waals surface area contributed by atoms with Gasteiger partial charge in [-0.05, 0) is 37.8 Å². The molecule has 0 aromatic heterocycles. The van der Waals surface area contributed by atoms with Gasteiger partial charge in [-0.25, -0.2) is 4.79 Å². The molecule has 2 heterocycles. The van der Waals surface area contributed by atoms with Gasteiger partial charge >= 0.3 is 6.03 Å². The van der Waals surface area contributed by atoms with Crippen LogP contribution in [0.4, 0.5) is 4.79 Å². The van der Waals surface area contributed by atoms with Crippen molar-refractivity contribution in [3.05, 3.63) is 29.8 Å². The standard InChI is InChI=1S/C23H35N3O3/c1-16(2)15-24-21(27)13-18-14-23(29-20-8-6-5-7-19(18)20)9-11-26(12-10-23)22(28)25-17(3)4/h5-8,16-18H,9-15H2,1-4H3,(H,24,27)(H,25,28)/t18-/m1/s1. The van der Waals surface area contributed by atoms with Crippen molar-refractivity contribution in [3.63, 3.8) is 0 Å². The highest BCUT2D eigenvalue weighted by Crippen LogP contribution is 2.46. The fourth-order valence-corrected chi connectivity index (χ4v) is 4.30. The highest BCUT2D eigenvalue weighted by atomic mass is 16.5. The van der Waals surface area contributed by atoms with Gasteiger partial charge in [0.05, 0.1) is 0 Å². The summed E-state index contributed by atoms with van der Waals surface area (Å²) in [6.07, 6.45) is 2.87. The van der Waals surface area contributed by atoms with Crippen LogP contribution in [0, 0.1) is 5.92 Å². The van der Waals surface area contributed by atoms with E-state index in [0.717, 1.165) is 30.6 Å². The molecule has 0 radical (unpaired) electrons. The lowest BCUT2D eigenvalue weighted by Crippen LogP contribution is -2.54. The molecule has 0 unspecified atom stereocenters. The van der Waals surface area contributed by atoms with Crippen LogP contribution in [0.3, 0.4) is 0 Å². The van der Waals surface area contributed by atoms with E-state index < -0.39 is 0 Å². The Labute approximate surface area is 174 Å². The van der Waals surface area contributed by atoms with E-state index in [1.165, 1.54) is 0 Å². The highest BCUT2D eigenvalue weighted by molar-refractivity contribution is 5.77. The van der Waals surface area contributed by atoms with Gasteiger partial charge in [0.15, 0.2) is 0 Å². The first-order valence-electron chi connectivity index (χ1n) is 10.9. The minimum absolute atomic E-state index is 0.00401. The smallest absolute Gasteiger partial charge is 0.317 e. The Morgan fingerprint density at radius 3 is 2.52 bits per heavy atom. The van der Waals surface area contributed by atoms with E-state index in [1.54, 1.807) is 0 Å². The Hall–Kier alpha value is -2.24. The van der Waals surface area contributed by atoms with Crippen LogP contribution >= 0.6 is 0 Å². The van der Waals surface area contributed by atoms with Gasteiger partial charge in [0.25, 0.3) is 0 Å². The summed E-state index contributed by atoms with van der Waals surface area (Å²) >= 11 is 0. The number of likely N-dealkylation sites (tertiary alicyclic amines) is 1. The van der Waals surface area contributed by atoms with E-state index in [1.807, 2.05) is 36.9 Å². The van der Waals surface area contributed by atoms with Crippen molar-refractivity contribution >= 4 is 11.9 Å². The van der Waals surface area contributed by atoms with E-state index in [0.29, 0.717) is 32.0 Å². The summed E-state index contributed by atoms with van der Waals surface area (Å²) in [6.45, 7) is 10.2. The summed E-state index contributed by atoms with van der Waals surface area (Å²) in [7, 11) is 0. The number of piperidine rings is 1. The third kappa shape index (κ3) is 5.43. The Morgan fingerprint density at radius 1 is 1.17 bits per heavy atom. The number of hydrogen-bond donors (Lipinski definition) is 2. The summed E-state index contributed by atoms with van der Waals surface area (Å²) in [5, 5.41) is 6.02. The molecule has 2 aliphatic heterocycles. The predicted molar refractivity (Wildman–Crippen MR) is 114 cm³/mol. The van der Waals surface area contributed by atoms with E-state index >= 15 is 0 Å². The van der Waals surface area contributed by atoms with E-state index in [4.69, 9.17) is 4.74 Å². The third-order valence-corrected chi connectivity index (χ3v) is 5.82. The monoisotopic (exact) mass is 401 g/mol. The maximum Gasteiger partial charge on any atom is 0.317 e. The van der Waals surface area contributed by atoms with Gasteiger partial charge < -0.3 is 20.3 Å². The number of para-hydroxylation sites is 1. The number of hydrogen-bond acceptors (Lipinski definition) is 3. The summed E-state index contributed by atoms with van der Waals surface area (Å²) in [5.74, 6) is 1.57. The summed E-state index contributed by atoms with van der Waals surface area (Å²) in [4.78, 5) is 26.7. The number of amides is 3. The fourth-order valence-electron chi connectivity index (χ4n) is 4.30. The van der Waals surface area contributed by atoms with Crippen molar-refractivity contribution in [2.24, 2.45) is 5.92 Å². The molecule has 2 aliphatic rings. The lowest BCUT2D eigenvalue weighted by atomic mass is 9.76. The number of nitrogens with one attached hydrogen (secondary N) is 2. The van der Waals surface area contributed by atoms with Gasteiger partial charge in [-0.3, -0.25) is 4.79 Å². The van der Waals surface area contributed by atoms with Crippen LogP contribution in [0.5, 0.6) is 5.75 Å². The summed E-state index contributed by atoms with van der Waals surface area (Å²) in [5.41, 5.74) is 0.823. The Morgan fingerprint density at radius 2 is 1.86 bits per heavy atom. The molecule has 2 N–H and O–H groups in total. The molecule has 160 valence electrons. The second kappa shape index (κ2) is 9.06. The molecule has 6 heteroatoms. The first-order chi connectivity index (χ1) is 13.8. The molecule has 0 aliphatic carbocycles. The maximum atomic E-state index is 12.5. The zero-order valence-corrected chi connectivity index (χ0v) is 18.2. The van der Waals surface area contributed by atoms with Crippen molar-refractivity contribution in [3.8, 4) is 5.75 Å². The van der Waals surface area contributed by atoms with Crippen LogP contribution in [0.15, 0.2) is 24.3 Å². The summed E-state index contributed by atoms with van der Waals surface area (Å²) in [6, 6.07) is 8.21. The predicted octanol–water partition coefficient (Wildman–Crippen LogP) is 3.67. The van der Waals surface area contributed by atoms with Gasteiger partial charge in [0.1, 0.15) is 11.4 Å². The van der Waals surface area contributed by atoms with Gasteiger partial charge in [-0.15, -0.1) is 0 Å². The molecule has 1 fully saturated rings. The number of benzene rings is 1. The van der Waals surface area contributed by atoms with E-state index in [2.05, 4.69) is 30.5 Å². The molecule has 3 amide bonds. The Bertz CT molecular complexity index is 724. The molecule has 1 spiro atoms. The number of rotatable bonds is 5. The van der Waals surface area contributed by atoms with Crippen molar-refractivity contribution in [1.29, 1.82) is 0 Å². The van der Waals surface area contributed by atoms with Crippen LogP contribution in [0.1, 0.15) is 64.9 Å². The SMILES string of the molecule is CC(C)CNC(=O)C[C@@H]1CC2(CCN(C(=O)NC(C)C)CC2)Oc2ccccc21. The molecule has 1 saturated heterocycles. The quantitative estimate of drug-likeness (QED) is 0.791. The number of carbonyl (C=O) groups excluding carboxylic acids is 2. The van der Waals surface area contributed by atoms with Gasteiger partial charge in [0, 0.05) is 50.9 Å². The fraction of sp³-hybridized carbons (Fsp3) is 0.652. The van der Waals surface area contributed by atoms with Crippen molar-refractivity contribution < 1.29 is 14.3 Å². The zero-order valence-electron chi connectivity index (χ0n) is 18.2. The van der Waals surface area contributed by atoms with Crippen LogP contribution in [-0.2, 0) is 4.79 Å². The second-order valence-electron chi connectivity index (χ2n) is 9.22. The Balaban J connectivity index is 1.69. The minimum Gasteiger partial charge on any atom is -0.487 e. The first-order valence-corrected chi connectivity index (χ1v) is 10.9. The minimum atomic E-state index is -0.300.